The fraction of sp³-hybridized carbons (Fsp3) is 0.278. The minimum atomic E-state index is -0.493. The number of alkyl carbamates (subject to hydrolysis) is 1. The summed E-state index contributed by atoms with van der Waals surface area (Å²) in [5.74, 6) is 1.53. The van der Waals surface area contributed by atoms with Gasteiger partial charge in [-0.2, -0.15) is 0 Å². The van der Waals surface area contributed by atoms with E-state index in [1.807, 2.05) is 30.3 Å². The number of benzene rings is 2. The van der Waals surface area contributed by atoms with E-state index in [9.17, 15) is 4.79 Å². The number of ether oxygens (including phenoxy) is 4. The van der Waals surface area contributed by atoms with Crippen LogP contribution in [0, 0.1) is 0 Å². The second-order valence-electron chi connectivity index (χ2n) is 4.95. The van der Waals surface area contributed by atoms with Crippen molar-refractivity contribution < 1.29 is 23.7 Å². The minimum absolute atomic E-state index is 0.0946. The molecule has 2 aromatic carbocycles. The molecule has 24 heavy (non-hydrogen) atoms. The van der Waals surface area contributed by atoms with Crippen LogP contribution >= 0.6 is 0 Å². The van der Waals surface area contributed by atoms with Gasteiger partial charge in [0.25, 0.3) is 0 Å². The van der Waals surface area contributed by atoms with Crippen LogP contribution in [-0.4, -0.2) is 27.4 Å². The summed E-state index contributed by atoms with van der Waals surface area (Å²) in [7, 11) is 4.61. The third-order valence-corrected chi connectivity index (χ3v) is 3.37. The lowest BCUT2D eigenvalue weighted by atomic mass is 10.2. The first kappa shape index (κ1) is 17.5. The first-order valence-corrected chi connectivity index (χ1v) is 7.41. The Bertz CT molecular complexity index is 647. The molecule has 0 aliphatic rings. The molecule has 0 aliphatic heterocycles. The van der Waals surface area contributed by atoms with Gasteiger partial charge in [-0.25, -0.2) is 4.79 Å². The number of methoxy groups -OCH3 is 3. The van der Waals surface area contributed by atoms with E-state index in [1.54, 1.807) is 12.1 Å². The third kappa shape index (κ3) is 4.55. The number of nitrogens with one attached hydrogen (secondary N) is 1. The molecule has 2 rings (SSSR count). The molecule has 1 amide bonds. The molecule has 6 heteroatoms. The molecule has 0 spiro atoms. The van der Waals surface area contributed by atoms with Crippen LogP contribution in [0.1, 0.15) is 11.1 Å². The lowest BCUT2D eigenvalue weighted by molar-refractivity contribution is 0.139. The number of carbonyl (C=O) groups excluding carboxylic acids is 1. The molecule has 0 aliphatic carbocycles. The molecule has 0 fully saturated rings. The van der Waals surface area contributed by atoms with E-state index in [-0.39, 0.29) is 6.61 Å². The average molecular weight is 331 g/mol. The molecule has 0 saturated heterocycles. The number of rotatable bonds is 7. The standard InChI is InChI=1S/C18H21NO5/c1-21-15-9-14(10-16(22-2)17(15)23-3)12-24-18(20)19-11-13-7-5-4-6-8-13/h4-10H,11-12H2,1-3H3,(H,19,20). The Labute approximate surface area is 141 Å². The predicted octanol–water partition coefficient (Wildman–Crippen LogP) is 3.14. The van der Waals surface area contributed by atoms with Gasteiger partial charge in [0.15, 0.2) is 11.5 Å². The first-order valence-electron chi connectivity index (χ1n) is 7.41. The van der Waals surface area contributed by atoms with Gasteiger partial charge in [0.2, 0.25) is 5.75 Å². The van der Waals surface area contributed by atoms with Crippen molar-refractivity contribution in [3.63, 3.8) is 0 Å². The molecule has 0 bridgehead atoms. The smallest absolute Gasteiger partial charge is 0.407 e. The van der Waals surface area contributed by atoms with Gasteiger partial charge in [0.05, 0.1) is 21.3 Å². The number of hydrogen-bond donors (Lipinski definition) is 1. The molecule has 0 heterocycles. The maximum absolute atomic E-state index is 11.8. The van der Waals surface area contributed by atoms with Gasteiger partial charge in [-0.05, 0) is 23.3 Å². The van der Waals surface area contributed by atoms with Crippen LogP contribution in [0.4, 0.5) is 4.79 Å². The molecule has 0 radical (unpaired) electrons. The van der Waals surface area contributed by atoms with Gasteiger partial charge in [-0.1, -0.05) is 30.3 Å². The normalized spacial score (nSPS) is 9.96. The van der Waals surface area contributed by atoms with E-state index < -0.39 is 6.09 Å². The summed E-state index contributed by atoms with van der Waals surface area (Å²) in [5.41, 5.74) is 1.74. The topological polar surface area (TPSA) is 66.0 Å². The zero-order chi connectivity index (χ0) is 17.4. The van der Waals surface area contributed by atoms with Gasteiger partial charge < -0.3 is 24.3 Å². The van der Waals surface area contributed by atoms with Gasteiger partial charge in [0, 0.05) is 6.54 Å². The molecule has 0 aromatic heterocycles. The molecule has 0 saturated carbocycles. The van der Waals surface area contributed by atoms with E-state index in [0.717, 1.165) is 11.1 Å². The fourth-order valence-corrected chi connectivity index (χ4v) is 2.19. The average Bonchev–Trinajstić information content (AvgIpc) is 2.64. The number of amides is 1. The fourth-order valence-electron chi connectivity index (χ4n) is 2.19. The van der Waals surface area contributed by atoms with Crippen molar-refractivity contribution >= 4 is 6.09 Å². The van der Waals surface area contributed by atoms with E-state index >= 15 is 0 Å². The zero-order valence-corrected chi connectivity index (χ0v) is 14.0. The summed E-state index contributed by atoms with van der Waals surface area (Å²) in [6.07, 6.45) is -0.493. The zero-order valence-electron chi connectivity index (χ0n) is 14.0. The van der Waals surface area contributed by atoms with Crippen LogP contribution < -0.4 is 19.5 Å². The van der Waals surface area contributed by atoms with Crippen molar-refractivity contribution in [3.05, 3.63) is 53.6 Å². The molecular weight excluding hydrogens is 310 g/mol. The van der Waals surface area contributed by atoms with Gasteiger partial charge >= 0.3 is 6.09 Å². The molecule has 128 valence electrons. The Morgan fingerprint density at radius 1 is 0.917 bits per heavy atom. The monoisotopic (exact) mass is 331 g/mol. The predicted molar refractivity (Wildman–Crippen MR) is 89.6 cm³/mol. The van der Waals surface area contributed by atoms with Crippen molar-refractivity contribution in [3.8, 4) is 17.2 Å². The maximum Gasteiger partial charge on any atom is 0.407 e. The largest absolute Gasteiger partial charge is 0.493 e. The van der Waals surface area contributed by atoms with Gasteiger partial charge in [-0.15, -0.1) is 0 Å². The van der Waals surface area contributed by atoms with Gasteiger partial charge in [-0.3, -0.25) is 0 Å². The highest BCUT2D eigenvalue weighted by molar-refractivity contribution is 5.67. The summed E-state index contributed by atoms with van der Waals surface area (Å²) in [5, 5.41) is 2.70. The van der Waals surface area contributed by atoms with Gasteiger partial charge in [0.1, 0.15) is 6.61 Å². The highest BCUT2D eigenvalue weighted by Gasteiger charge is 2.14. The Balaban J connectivity index is 1.94. The summed E-state index contributed by atoms with van der Waals surface area (Å²) >= 11 is 0. The molecule has 0 atom stereocenters. The Kier molecular flexibility index (Phi) is 6.31. The second-order valence-corrected chi connectivity index (χ2v) is 4.95. The van der Waals surface area contributed by atoms with Crippen molar-refractivity contribution in [2.24, 2.45) is 0 Å². The van der Waals surface area contributed by atoms with Crippen LogP contribution in [0.15, 0.2) is 42.5 Å². The third-order valence-electron chi connectivity index (χ3n) is 3.37. The lowest BCUT2D eigenvalue weighted by Crippen LogP contribution is -2.23. The lowest BCUT2D eigenvalue weighted by Gasteiger charge is -2.14. The summed E-state index contributed by atoms with van der Waals surface area (Å²) < 4.78 is 21.0. The SMILES string of the molecule is COc1cc(COC(=O)NCc2ccccc2)cc(OC)c1OC. The van der Waals surface area contributed by atoms with Crippen molar-refractivity contribution in [1.82, 2.24) is 5.32 Å². The highest BCUT2D eigenvalue weighted by atomic mass is 16.5. The summed E-state index contributed by atoms with van der Waals surface area (Å²) in [6.45, 7) is 0.506. The van der Waals surface area contributed by atoms with Crippen LogP contribution in [0.2, 0.25) is 0 Å². The molecule has 0 unspecified atom stereocenters. The molecular formula is C18H21NO5. The van der Waals surface area contributed by atoms with E-state index in [4.69, 9.17) is 18.9 Å². The Hall–Kier alpha value is -2.89. The van der Waals surface area contributed by atoms with E-state index in [2.05, 4.69) is 5.32 Å². The first-order chi connectivity index (χ1) is 11.7. The van der Waals surface area contributed by atoms with E-state index in [1.165, 1.54) is 21.3 Å². The quantitative estimate of drug-likeness (QED) is 0.844. The van der Waals surface area contributed by atoms with Crippen molar-refractivity contribution in [2.75, 3.05) is 21.3 Å². The number of hydrogen-bond acceptors (Lipinski definition) is 5. The van der Waals surface area contributed by atoms with Crippen LogP contribution in [0.3, 0.4) is 0 Å². The van der Waals surface area contributed by atoms with Crippen molar-refractivity contribution in [2.45, 2.75) is 13.2 Å². The van der Waals surface area contributed by atoms with Crippen molar-refractivity contribution in [1.29, 1.82) is 0 Å². The number of carbonyl (C=O) groups is 1. The second kappa shape index (κ2) is 8.67. The summed E-state index contributed by atoms with van der Waals surface area (Å²) in [6, 6.07) is 13.1. The molecule has 6 nitrogen and oxygen atoms in total. The van der Waals surface area contributed by atoms with E-state index in [0.29, 0.717) is 23.8 Å². The molecule has 1 N–H and O–H groups in total. The van der Waals surface area contributed by atoms with Crippen LogP contribution in [-0.2, 0) is 17.9 Å². The minimum Gasteiger partial charge on any atom is -0.493 e. The maximum atomic E-state index is 11.8. The van der Waals surface area contributed by atoms with Crippen LogP contribution in [0.25, 0.3) is 0 Å². The summed E-state index contributed by atoms with van der Waals surface area (Å²) in [4.78, 5) is 11.8. The highest BCUT2D eigenvalue weighted by Crippen LogP contribution is 2.38. The Morgan fingerprint density at radius 3 is 2.08 bits per heavy atom. The Morgan fingerprint density at radius 2 is 1.54 bits per heavy atom. The van der Waals surface area contributed by atoms with Crippen LogP contribution in [0.5, 0.6) is 17.2 Å². The molecule has 2 aromatic rings.